The van der Waals surface area contributed by atoms with Crippen LogP contribution in [0.1, 0.15) is 29.3 Å². The van der Waals surface area contributed by atoms with Gasteiger partial charge in [0, 0.05) is 17.8 Å². The number of carbonyl (C=O) groups is 2. The summed E-state index contributed by atoms with van der Waals surface area (Å²) in [5.41, 5.74) is 4.02. The lowest BCUT2D eigenvalue weighted by atomic mass is 10.2. The maximum absolute atomic E-state index is 12.8. The smallest absolute Gasteiger partial charge is 0.271 e. The third kappa shape index (κ3) is 6.01. The lowest BCUT2D eigenvalue weighted by molar-refractivity contribution is -0.120. The fourth-order valence-corrected chi connectivity index (χ4v) is 2.09. The summed E-state index contributed by atoms with van der Waals surface area (Å²) in [6.07, 6.45) is 0.0554. The lowest BCUT2D eigenvalue weighted by Crippen LogP contribution is -2.26. The van der Waals surface area contributed by atoms with Crippen molar-refractivity contribution >= 4 is 17.5 Å². The van der Waals surface area contributed by atoms with Gasteiger partial charge in [0.15, 0.2) is 0 Å². The summed E-state index contributed by atoms with van der Waals surface area (Å²) < 4.78 is 17.9. The van der Waals surface area contributed by atoms with Crippen LogP contribution in [0.15, 0.2) is 53.6 Å². The van der Waals surface area contributed by atoms with Gasteiger partial charge in [-0.25, -0.2) is 9.82 Å². The molecule has 2 amide bonds. The molecular weight excluding hydrogens is 337 g/mol. The standard InChI is InChI=1S/C19H20FN3O3/c1-13(22-23-19(25)15-5-7-16(20)8-6-15)11-18(24)21-12-14-3-9-17(26-2)10-4-14/h3-10H,11-12H2,1-2H3,(H,21,24)(H,23,25). The van der Waals surface area contributed by atoms with Crippen LogP contribution in [0.25, 0.3) is 0 Å². The van der Waals surface area contributed by atoms with Gasteiger partial charge in [0.1, 0.15) is 11.6 Å². The van der Waals surface area contributed by atoms with E-state index in [4.69, 9.17) is 4.74 Å². The van der Waals surface area contributed by atoms with Crippen LogP contribution in [0.2, 0.25) is 0 Å². The number of methoxy groups -OCH3 is 1. The van der Waals surface area contributed by atoms with Crippen molar-refractivity contribution in [2.45, 2.75) is 19.9 Å². The Hall–Kier alpha value is -3.22. The maximum atomic E-state index is 12.8. The van der Waals surface area contributed by atoms with E-state index in [0.29, 0.717) is 12.3 Å². The molecule has 0 aliphatic carbocycles. The molecule has 2 aromatic rings. The van der Waals surface area contributed by atoms with Gasteiger partial charge in [0.25, 0.3) is 5.91 Å². The molecule has 0 saturated heterocycles. The second kappa shape index (κ2) is 9.31. The van der Waals surface area contributed by atoms with E-state index in [2.05, 4.69) is 15.8 Å². The van der Waals surface area contributed by atoms with Crippen molar-refractivity contribution in [3.63, 3.8) is 0 Å². The number of nitrogens with one attached hydrogen (secondary N) is 2. The third-order valence-corrected chi connectivity index (χ3v) is 3.52. The molecule has 7 heteroatoms. The van der Waals surface area contributed by atoms with Crippen molar-refractivity contribution in [1.29, 1.82) is 0 Å². The van der Waals surface area contributed by atoms with Crippen LogP contribution in [0.5, 0.6) is 5.75 Å². The van der Waals surface area contributed by atoms with Crippen LogP contribution in [0.4, 0.5) is 4.39 Å². The van der Waals surface area contributed by atoms with Gasteiger partial charge in [-0.1, -0.05) is 12.1 Å². The average molecular weight is 357 g/mol. The molecule has 0 atom stereocenters. The van der Waals surface area contributed by atoms with E-state index >= 15 is 0 Å². The molecule has 26 heavy (non-hydrogen) atoms. The van der Waals surface area contributed by atoms with Crippen LogP contribution in [0.3, 0.4) is 0 Å². The van der Waals surface area contributed by atoms with Gasteiger partial charge >= 0.3 is 0 Å². The topological polar surface area (TPSA) is 79.8 Å². The molecule has 0 saturated carbocycles. The number of hydrazone groups is 1. The number of halogens is 1. The Morgan fingerprint density at radius 3 is 2.35 bits per heavy atom. The first-order valence-corrected chi connectivity index (χ1v) is 7.96. The molecule has 0 heterocycles. The molecular formula is C19H20FN3O3. The highest BCUT2D eigenvalue weighted by Gasteiger charge is 2.07. The van der Waals surface area contributed by atoms with E-state index in [1.54, 1.807) is 14.0 Å². The molecule has 2 N–H and O–H groups in total. The third-order valence-electron chi connectivity index (χ3n) is 3.52. The minimum absolute atomic E-state index is 0.0554. The predicted molar refractivity (Wildman–Crippen MR) is 96.4 cm³/mol. The van der Waals surface area contributed by atoms with Crippen LogP contribution >= 0.6 is 0 Å². The first-order chi connectivity index (χ1) is 12.5. The highest BCUT2D eigenvalue weighted by molar-refractivity contribution is 6.01. The number of benzene rings is 2. The molecule has 0 radical (unpaired) electrons. The van der Waals surface area contributed by atoms with Crippen molar-refractivity contribution < 1.29 is 18.7 Å². The Bertz CT molecular complexity index is 787. The van der Waals surface area contributed by atoms with Crippen molar-refractivity contribution in [2.24, 2.45) is 5.10 Å². The van der Waals surface area contributed by atoms with Crippen molar-refractivity contribution in [3.05, 3.63) is 65.5 Å². The van der Waals surface area contributed by atoms with Crippen LogP contribution in [-0.2, 0) is 11.3 Å². The zero-order chi connectivity index (χ0) is 18.9. The molecule has 0 spiro atoms. The van der Waals surface area contributed by atoms with Gasteiger partial charge in [-0.05, 0) is 48.9 Å². The van der Waals surface area contributed by atoms with Gasteiger partial charge in [0.2, 0.25) is 5.91 Å². The van der Waals surface area contributed by atoms with Crippen molar-refractivity contribution in [3.8, 4) is 5.75 Å². The van der Waals surface area contributed by atoms with E-state index in [9.17, 15) is 14.0 Å². The summed E-state index contributed by atoms with van der Waals surface area (Å²) in [6.45, 7) is 2.02. The molecule has 0 aromatic heterocycles. The van der Waals surface area contributed by atoms with Gasteiger partial charge in [-0.3, -0.25) is 9.59 Å². The highest BCUT2D eigenvalue weighted by Crippen LogP contribution is 2.11. The zero-order valence-electron chi connectivity index (χ0n) is 14.6. The van der Waals surface area contributed by atoms with Crippen molar-refractivity contribution in [1.82, 2.24) is 10.7 Å². The van der Waals surface area contributed by atoms with Crippen LogP contribution < -0.4 is 15.5 Å². The molecule has 0 unspecified atom stereocenters. The minimum Gasteiger partial charge on any atom is -0.497 e. The molecule has 2 aromatic carbocycles. The Kier molecular flexibility index (Phi) is 6.84. The summed E-state index contributed by atoms with van der Waals surface area (Å²) in [7, 11) is 1.59. The number of rotatable bonds is 7. The number of hydrogen-bond acceptors (Lipinski definition) is 4. The highest BCUT2D eigenvalue weighted by atomic mass is 19.1. The van der Waals surface area contributed by atoms with E-state index in [1.165, 1.54) is 24.3 Å². The Morgan fingerprint density at radius 2 is 1.73 bits per heavy atom. The number of ether oxygens (including phenoxy) is 1. The Morgan fingerprint density at radius 1 is 1.08 bits per heavy atom. The molecule has 2 rings (SSSR count). The van der Waals surface area contributed by atoms with Gasteiger partial charge < -0.3 is 10.1 Å². The molecule has 0 aliphatic rings. The number of carbonyl (C=O) groups excluding carboxylic acids is 2. The predicted octanol–water partition coefficient (Wildman–Crippen LogP) is 2.65. The summed E-state index contributed by atoms with van der Waals surface area (Å²) in [4.78, 5) is 23.8. The minimum atomic E-state index is -0.469. The number of amides is 2. The number of nitrogens with zero attached hydrogens (tertiary/aromatic N) is 1. The molecule has 0 fully saturated rings. The first-order valence-electron chi connectivity index (χ1n) is 7.96. The van der Waals surface area contributed by atoms with Gasteiger partial charge in [-0.15, -0.1) is 0 Å². The summed E-state index contributed by atoms with van der Waals surface area (Å²) in [5.74, 6) is -0.351. The van der Waals surface area contributed by atoms with Crippen LogP contribution in [-0.4, -0.2) is 24.6 Å². The molecule has 0 aliphatic heterocycles. The van der Waals surface area contributed by atoms with E-state index < -0.39 is 11.7 Å². The van der Waals surface area contributed by atoms with Gasteiger partial charge in [-0.2, -0.15) is 5.10 Å². The fourth-order valence-electron chi connectivity index (χ4n) is 2.09. The van der Waals surface area contributed by atoms with Crippen LogP contribution in [0, 0.1) is 5.82 Å². The summed E-state index contributed by atoms with van der Waals surface area (Å²) in [6, 6.07) is 12.5. The van der Waals surface area contributed by atoms with E-state index in [0.717, 1.165) is 11.3 Å². The maximum Gasteiger partial charge on any atom is 0.271 e. The summed E-state index contributed by atoms with van der Waals surface area (Å²) in [5, 5.41) is 6.66. The largest absolute Gasteiger partial charge is 0.497 e. The second-order valence-electron chi connectivity index (χ2n) is 5.60. The zero-order valence-corrected chi connectivity index (χ0v) is 14.6. The fraction of sp³-hybridized carbons (Fsp3) is 0.211. The average Bonchev–Trinajstić information content (AvgIpc) is 2.65. The van der Waals surface area contributed by atoms with Gasteiger partial charge in [0.05, 0.1) is 13.5 Å². The first kappa shape index (κ1) is 19.1. The Balaban J connectivity index is 1.78. The summed E-state index contributed by atoms with van der Waals surface area (Å²) >= 11 is 0. The monoisotopic (exact) mass is 357 g/mol. The second-order valence-corrected chi connectivity index (χ2v) is 5.60. The lowest BCUT2D eigenvalue weighted by Gasteiger charge is -2.07. The Labute approximate surface area is 151 Å². The number of hydrogen-bond donors (Lipinski definition) is 2. The molecule has 0 bridgehead atoms. The van der Waals surface area contributed by atoms with E-state index in [1.807, 2.05) is 24.3 Å². The SMILES string of the molecule is COc1ccc(CNC(=O)CC(C)=NNC(=O)c2ccc(F)cc2)cc1. The molecule has 6 nitrogen and oxygen atoms in total. The quantitative estimate of drug-likeness (QED) is 0.591. The van der Waals surface area contributed by atoms with E-state index in [-0.39, 0.29) is 17.9 Å². The van der Waals surface area contributed by atoms with Crippen molar-refractivity contribution in [2.75, 3.05) is 7.11 Å². The normalized spacial score (nSPS) is 11.0. The molecule has 136 valence electrons.